The quantitative estimate of drug-likeness (QED) is 0.528. The zero-order valence-electron chi connectivity index (χ0n) is 8.79. The molecule has 0 bridgehead atoms. The summed E-state index contributed by atoms with van der Waals surface area (Å²) >= 11 is 0. The van der Waals surface area contributed by atoms with Gasteiger partial charge < -0.3 is 10.6 Å². The number of rotatable bonds is 3. The maximum atomic E-state index is 5.53. The van der Waals surface area contributed by atoms with Crippen molar-refractivity contribution in [2.75, 3.05) is 19.6 Å². The highest BCUT2D eigenvalue weighted by molar-refractivity contribution is 5.77. The molecule has 1 rings (SSSR count). The Morgan fingerprint density at radius 2 is 2.00 bits per heavy atom. The number of hydrogen-bond donors (Lipinski definition) is 1. The van der Waals surface area contributed by atoms with E-state index in [1.165, 1.54) is 32.4 Å². The number of piperidine rings is 1. The summed E-state index contributed by atoms with van der Waals surface area (Å²) in [5.74, 6) is 0.699. The normalized spacial score (nSPS) is 23.1. The van der Waals surface area contributed by atoms with Crippen LogP contribution in [0, 0.1) is 0 Å². The van der Waals surface area contributed by atoms with Crippen molar-refractivity contribution in [3.8, 4) is 0 Å². The summed E-state index contributed by atoms with van der Waals surface area (Å²) in [6, 6.07) is 0.350. The Bertz CT molecular complexity index is 167. The highest BCUT2D eigenvalue weighted by Crippen LogP contribution is 2.09. The SMILES string of the molecule is CC(N)=NC(C)CN1CCCCC1. The minimum Gasteiger partial charge on any atom is -0.388 e. The van der Waals surface area contributed by atoms with Gasteiger partial charge in [0.15, 0.2) is 0 Å². The van der Waals surface area contributed by atoms with Crippen LogP contribution in [-0.4, -0.2) is 36.4 Å². The lowest BCUT2D eigenvalue weighted by Gasteiger charge is -2.27. The van der Waals surface area contributed by atoms with Crippen LogP contribution in [0.15, 0.2) is 4.99 Å². The summed E-state index contributed by atoms with van der Waals surface area (Å²) in [6.07, 6.45) is 4.08. The van der Waals surface area contributed by atoms with E-state index >= 15 is 0 Å². The molecule has 1 aliphatic rings. The van der Waals surface area contributed by atoms with Gasteiger partial charge >= 0.3 is 0 Å². The molecule has 13 heavy (non-hydrogen) atoms. The van der Waals surface area contributed by atoms with Crippen molar-refractivity contribution < 1.29 is 0 Å². The highest BCUT2D eigenvalue weighted by Gasteiger charge is 2.12. The molecule has 3 heteroatoms. The lowest BCUT2D eigenvalue weighted by molar-refractivity contribution is 0.220. The Hall–Kier alpha value is -0.570. The van der Waals surface area contributed by atoms with Crippen LogP contribution in [-0.2, 0) is 0 Å². The van der Waals surface area contributed by atoms with Crippen molar-refractivity contribution in [3.63, 3.8) is 0 Å². The van der Waals surface area contributed by atoms with E-state index in [9.17, 15) is 0 Å². The maximum Gasteiger partial charge on any atom is 0.0909 e. The zero-order chi connectivity index (χ0) is 9.68. The third kappa shape index (κ3) is 4.27. The van der Waals surface area contributed by atoms with E-state index < -0.39 is 0 Å². The Balaban J connectivity index is 2.26. The third-order valence-electron chi connectivity index (χ3n) is 2.40. The maximum absolute atomic E-state index is 5.53. The zero-order valence-corrected chi connectivity index (χ0v) is 8.79. The Morgan fingerprint density at radius 3 is 2.54 bits per heavy atom. The average molecular weight is 183 g/mol. The minimum atomic E-state index is 0.350. The third-order valence-corrected chi connectivity index (χ3v) is 2.40. The van der Waals surface area contributed by atoms with Gasteiger partial charge in [-0.15, -0.1) is 0 Å². The molecule has 1 atom stereocenters. The van der Waals surface area contributed by atoms with Crippen molar-refractivity contribution in [1.29, 1.82) is 0 Å². The van der Waals surface area contributed by atoms with Crippen molar-refractivity contribution in [2.24, 2.45) is 10.7 Å². The number of nitrogens with two attached hydrogens (primary N) is 1. The molecule has 0 aromatic rings. The molecule has 3 nitrogen and oxygen atoms in total. The first-order chi connectivity index (χ1) is 6.18. The van der Waals surface area contributed by atoms with E-state index in [4.69, 9.17) is 5.73 Å². The first kappa shape index (κ1) is 10.5. The largest absolute Gasteiger partial charge is 0.388 e. The van der Waals surface area contributed by atoms with Gasteiger partial charge in [0.25, 0.3) is 0 Å². The fourth-order valence-electron chi connectivity index (χ4n) is 1.90. The Morgan fingerprint density at radius 1 is 1.38 bits per heavy atom. The van der Waals surface area contributed by atoms with Gasteiger partial charge in [0.05, 0.1) is 11.9 Å². The number of aliphatic imine (C=N–C) groups is 1. The van der Waals surface area contributed by atoms with Gasteiger partial charge in [0.2, 0.25) is 0 Å². The van der Waals surface area contributed by atoms with Crippen LogP contribution >= 0.6 is 0 Å². The molecule has 76 valence electrons. The summed E-state index contributed by atoms with van der Waals surface area (Å²) in [7, 11) is 0. The van der Waals surface area contributed by atoms with Gasteiger partial charge in [-0.2, -0.15) is 0 Å². The second-order valence-corrected chi connectivity index (χ2v) is 3.98. The summed E-state index contributed by atoms with van der Waals surface area (Å²) in [6.45, 7) is 7.53. The van der Waals surface area contributed by atoms with Crippen LogP contribution in [0.2, 0.25) is 0 Å². The van der Waals surface area contributed by atoms with Crippen molar-refractivity contribution in [1.82, 2.24) is 4.90 Å². The lowest BCUT2D eigenvalue weighted by atomic mass is 10.1. The van der Waals surface area contributed by atoms with Crippen molar-refractivity contribution in [2.45, 2.75) is 39.2 Å². The molecule has 0 spiro atoms. The standard InChI is InChI=1S/C10H21N3/c1-9(12-10(2)11)8-13-6-4-3-5-7-13/h9H,3-8H2,1-2H3,(H2,11,12). The van der Waals surface area contributed by atoms with E-state index in [0.717, 1.165) is 6.54 Å². The van der Waals surface area contributed by atoms with Gasteiger partial charge in [0.1, 0.15) is 0 Å². The summed E-state index contributed by atoms with van der Waals surface area (Å²) in [5, 5.41) is 0. The van der Waals surface area contributed by atoms with E-state index in [1.54, 1.807) is 0 Å². The molecule has 0 aromatic carbocycles. The summed E-state index contributed by atoms with van der Waals surface area (Å²) in [4.78, 5) is 6.81. The van der Waals surface area contributed by atoms with Gasteiger partial charge in [-0.25, -0.2) is 0 Å². The smallest absolute Gasteiger partial charge is 0.0909 e. The predicted octanol–water partition coefficient (Wildman–Crippen LogP) is 1.24. The predicted molar refractivity (Wildman–Crippen MR) is 57.0 cm³/mol. The second-order valence-electron chi connectivity index (χ2n) is 3.98. The highest BCUT2D eigenvalue weighted by atomic mass is 15.1. The minimum absolute atomic E-state index is 0.350. The molecule has 2 N–H and O–H groups in total. The van der Waals surface area contributed by atoms with Crippen LogP contribution in [0.4, 0.5) is 0 Å². The number of likely N-dealkylation sites (tertiary alicyclic amines) is 1. The summed E-state index contributed by atoms with van der Waals surface area (Å²) in [5.41, 5.74) is 5.53. The molecule has 1 unspecified atom stereocenters. The summed E-state index contributed by atoms with van der Waals surface area (Å²) < 4.78 is 0. The van der Waals surface area contributed by atoms with Gasteiger partial charge in [-0.3, -0.25) is 4.99 Å². The molecular weight excluding hydrogens is 162 g/mol. The fraction of sp³-hybridized carbons (Fsp3) is 0.900. The molecule has 0 amide bonds. The van der Waals surface area contributed by atoms with Crippen molar-refractivity contribution in [3.05, 3.63) is 0 Å². The lowest BCUT2D eigenvalue weighted by Crippen LogP contribution is -2.35. The molecule has 1 heterocycles. The van der Waals surface area contributed by atoms with E-state index in [-0.39, 0.29) is 0 Å². The first-order valence-corrected chi connectivity index (χ1v) is 5.20. The molecule has 1 fully saturated rings. The first-order valence-electron chi connectivity index (χ1n) is 5.20. The van der Waals surface area contributed by atoms with Crippen LogP contribution < -0.4 is 5.73 Å². The van der Waals surface area contributed by atoms with Gasteiger partial charge in [-0.05, 0) is 39.8 Å². The van der Waals surface area contributed by atoms with Crippen LogP contribution in [0.25, 0.3) is 0 Å². The fourth-order valence-corrected chi connectivity index (χ4v) is 1.90. The van der Waals surface area contributed by atoms with E-state index in [1.807, 2.05) is 6.92 Å². The molecule has 0 aromatic heterocycles. The number of amidine groups is 1. The average Bonchev–Trinajstić information content (AvgIpc) is 2.04. The molecule has 1 saturated heterocycles. The van der Waals surface area contributed by atoms with Crippen molar-refractivity contribution >= 4 is 5.84 Å². The van der Waals surface area contributed by atoms with Crippen LogP contribution in [0.5, 0.6) is 0 Å². The van der Waals surface area contributed by atoms with E-state index in [0.29, 0.717) is 11.9 Å². The second kappa shape index (κ2) is 5.22. The molecular formula is C10H21N3. The molecule has 0 saturated carbocycles. The monoisotopic (exact) mass is 183 g/mol. The number of nitrogens with zero attached hydrogens (tertiary/aromatic N) is 2. The van der Waals surface area contributed by atoms with Crippen LogP contribution in [0.1, 0.15) is 33.1 Å². The topological polar surface area (TPSA) is 41.6 Å². The van der Waals surface area contributed by atoms with Gasteiger partial charge in [0, 0.05) is 6.54 Å². The van der Waals surface area contributed by atoms with Gasteiger partial charge in [-0.1, -0.05) is 6.42 Å². The molecule has 0 radical (unpaired) electrons. The number of hydrogen-bond acceptors (Lipinski definition) is 2. The van der Waals surface area contributed by atoms with E-state index in [2.05, 4.69) is 16.8 Å². The Kier molecular flexibility index (Phi) is 4.22. The molecule has 0 aliphatic carbocycles. The Labute approximate surface area is 81.0 Å². The van der Waals surface area contributed by atoms with Crippen LogP contribution in [0.3, 0.4) is 0 Å². The molecule has 1 aliphatic heterocycles.